The van der Waals surface area contributed by atoms with Gasteiger partial charge in [0.15, 0.2) is 0 Å². The maximum atomic E-state index is 2.59. The van der Waals surface area contributed by atoms with Crippen molar-refractivity contribution in [3.8, 4) is 0 Å². The molecule has 0 aromatic carbocycles. The molecule has 0 heterocycles. The Labute approximate surface area is 100 Å². The van der Waals surface area contributed by atoms with Gasteiger partial charge in [0.25, 0.3) is 0 Å². The van der Waals surface area contributed by atoms with E-state index in [4.69, 9.17) is 0 Å². The van der Waals surface area contributed by atoms with Gasteiger partial charge in [-0.3, -0.25) is 0 Å². The van der Waals surface area contributed by atoms with Gasteiger partial charge in [0.1, 0.15) is 0 Å². The Morgan fingerprint density at radius 3 is 2.38 bits per heavy atom. The lowest BCUT2D eigenvalue weighted by molar-refractivity contribution is 0.167. The molecule has 0 radical (unpaired) electrons. The van der Waals surface area contributed by atoms with E-state index in [-0.39, 0.29) is 0 Å². The summed E-state index contributed by atoms with van der Waals surface area (Å²) in [5.74, 6) is 8.01. The van der Waals surface area contributed by atoms with Gasteiger partial charge in [-0.2, -0.15) is 0 Å². The second kappa shape index (κ2) is 2.87. The van der Waals surface area contributed by atoms with Crippen molar-refractivity contribution in [3.63, 3.8) is 0 Å². The van der Waals surface area contributed by atoms with Crippen LogP contribution in [0.4, 0.5) is 0 Å². The Morgan fingerprint density at radius 2 is 1.75 bits per heavy atom. The fraction of sp³-hybridized carbons (Fsp3) is 1.00. The van der Waals surface area contributed by atoms with Crippen LogP contribution in [-0.2, 0) is 0 Å². The van der Waals surface area contributed by atoms with E-state index in [9.17, 15) is 0 Å². The van der Waals surface area contributed by atoms with E-state index in [1.54, 1.807) is 6.42 Å². The number of hydrogen-bond acceptors (Lipinski definition) is 0. The standard InChI is InChI=1S/C16H26/c1-9-11-8-12-14(15(12)13(9)11)10(2)16(3)6-4-5-7-16/h9-15H,4-8H2,1-3H3. The lowest BCUT2D eigenvalue weighted by atomic mass is 9.73. The van der Waals surface area contributed by atoms with Crippen molar-refractivity contribution in [2.45, 2.75) is 52.9 Å². The van der Waals surface area contributed by atoms with Crippen molar-refractivity contribution in [2.75, 3.05) is 0 Å². The minimum Gasteiger partial charge on any atom is -0.0619 e. The van der Waals surface area contributed by atoms with Crippen molar-refractivity contribution in [1.82, 2.24) is 0 Å². The van der Waals surface area contributed by atoms with Crippen LogP contribution in [0.25, 0.3) is 0 Å². The fourth-order valence-electron chi connectivity index (χ4n) is 5.99. The molecule has 7 unspecified atom stereocenters. The zero-order chi connectivity index (χ0) is 11.1. The third-order valence-corrected chi connectivity index (χ3v) is 7.34. The number of rotatable bonds is 2. The average molecular weight is 218 g/mol. The lowest BCUT2D eigenvalue weighted by Crippen LogP contribution is -2.25. The van der Waals surface area contributed by atoms with E-state index in [0.717, 1.165) is 23.2 Å². The molecule has 0 spiro atoms. The highest BCUT2D eigenvalue weighted by molar-refractivity contribution is 5.20. The van der Waals surface area contributed by atoms with Crippen molar-refractivity contribution in [3.05, 3.63) is 0 Å². The van der Waals surface area contributed by atoms with Crippen molar-refractivity contribution < 1.29 is 0 Å². The Balaban J connectivity index is 1.49. The number of hydrogen-bond donors (Lipinski definition) is 0. The second-order valence-electron chi connectivity index (χ2n) is 7.80. The zero-order valence-corrected chi connectivity index (χ0v) is 11.1. The Kier molecular flexibility index (Phi) is 1.79. The summed E-state index contributed by atoms with van der Waals surface area (Å²) in [6.07, 6.45) is 7.67. The molecule has 4 fully saturated rings. The van der Waals surface area contributed by atoms with Crippen LogP contribution in [0.2, 0.25) is 0 Å². The maximum absolute atomic E-state index is 2.59. The van der Waals surface area contributed by atoms with Crippen molar-refractivity contribution in [2.24, 2.45) is 46.8 Å². The highest BCUT2D eigenvalue weighted by Gasteiger charge is 2.72. The van der Waals surface area contributed by atoms with Gasteiger partial charge in [0.2, 0.25) is 0 Å². The highest BCUT2D eigenvalue weighted by Crippen LogP contribution is 2.78. The molecule has 0 bridgehead atoms. The first-order chi connectivity index (χ1) is 7.63. The Hall–Kier alpha value is 0. The van der Waals surface area contributed by atoms with Crippen LogP contribution in [0.1, 0.15) is 52.9 Å². The van der Waals surface area contributed by atoms with Gasteiger partial charge in [-0.25, -0.2) is 0 Å². The summed E-state index contributed by atoms with van der Waals surface area (Å²) in [4.78, 5) is 0. The predicted molar refractivity (Wildman–Crippen MR) is 67.0 cm³/mol. The predicted octanol–water partition coefficient (Wildman–Crippen LogP) is 4.35. The summed E-state index contributed by atoms with van der Waals surface area (Å²) < 4.78 is 0. The van der Waals surface area contributed by atoms with Crippen LogP contribution in [0.5, 0.6) is 0 Å². The Bertz CT molecular complexity index is 312. The first-order valence-electron chi connectivity index (χ1n) is 7.63. The summed E-state index contributed by atoms with van der Waals surface area (Å²) in [5, 5.41) is 0. The van der Waals surface area contributed by atoms with E-state index in [0.29, 0.717) is 0 Å². The summed E-state index contributed by atoms with van der Waals surface area (Å²) >= 11 is 0. The van der Waals surface area contributed by atoms with E-state index in [1.807, 2.05) is 0 Å². The maximum Gasteiger partial charge on any atom is -0.0297 e. The van der Waals surface area contributed by atoms with Crippen LogP contribution < -0.4 is 0 Å². The normalized spacial score (nSPS) is 57.9. The molecule has 0 heteroatoms. The van der Waals surface area contributed by atoms with Crippen molar-refractivity contribution in [1.29, 1.82) is 0 Å². The molecule has 0 aliphatic heterocycles. The topological polar surface area (TPSA) is 0 Å². The molecule has 0 N–H and O–H groups in total. The molecule has 90 valence electrons. The monoisotopic (exact) mass is 218 g/mol. The summed E-state index contributed by atoms with van der Waals surface area (Å²) in [5.41, 5.74) is 0.725. The summed E-state index contributed by atoms with van der Waals surface area (Å²) in [6, 6.07) is 0. The molecule has 0 nitrogen and oxygen atoms in total. The molecule has 0 amide bonds. The second-order valence-corrected chi connectivity index (χ2v) is 7.80. The smallest absolute Gasteiger partial charge is 0.0297 e. The summed E-state index contributed by atoms with van der Waals surface area (Å²) in [6.45, 7) is 7.69. The van der Waals surface area contributed by atoms with Crippen molar-refractivity contribution >= 4 is 0 Å². The molecule has 4 aliphatic rings. The molecule has 7 atom stereocenters. The molecule has 4 saturated carbocycles. The van der Waals surface area contributed by atoms with E-state index in [1.165, 1.54) is 49.4 Å². The van der Waals surface area contributed by atoms with Crippen LogP contribution in [-0.4, -0.2) is 0 Å². The quantitative estimate of drug-likeness (QED) is 0.646. The van der Waals surface area contributed by atoms with Gasteiger partial charge in [-0.15, -0.1) is 0 Å². The molecule has 16 heavy (non-hydrogen) atoms. The van der Waals surface area contributed by atoms with Crippen LogP contribution in [0, 0.1) is 46.8 Å². The van der Waals surface area contributed by atoms with Crippen LogP contribution in [0.15, 0.2) is 0 Å². The highest BCUT2D eigenvalue weighted by atomic mass is 14.8. The molecule has 4 rings (SSSR count). The fourth-order valence-corrected chi connectivity index (χ4v) is 5.99. The first-order valence-corrected chi connectivity index (χ1v) is 7.63. The zero-order valence-electron chi connectivity index (χ0n) is 11.1. The molecule has 0 aromatic heterocycles. The first kappa shape index (κ1) is 9.97. The molecule has 0 aromatic rings. The van der Waals surface area contributed by atoms with Crippen LogP contribution in [0.3, 0.4) is 0 Å². The lowest BCUT2D eigenvalue weighted by Gasteiger charge is -2.32. The van der Waals surface area contributed by atoms with Gasteiger partial charge in [0.05, 0.1) is 0 Å². The number of fused-ring (bicyclic) bond motifs is 3. The third-order valence-electron chi connectivity index (χ3n) is 7.34. The van der Waals surface area contributed by atoms with E-state index < -0.39 is 0 Å². The van der Waals surface area contributed by atoms with E-state index in [2.05, 4.69) is 20.8 Å². The average Bonchev–Trinajstić information content (AvgIpc) is 2.95. The van der Waals surface area contributed by atoms with Crippen LogP contribution >= 0.6 is 0 Å². The van der Waals surface area contributed by atoms with Gasteiger partial charge in [0, 0.05) is 0 Å². The SMILES string of the molecule is CC1C2CC3C(C12)C3C(C)C1(C)CCCC1. The third kappa shape index (κ3) is 1.07. The minimum atomic E-state index is 0.725. The summed E-state index contributed by atoms with van der Waals surface area (Å²) in [7, 11) is 0. The minimum absolute atomic E-state index is 0.725. The van der Waals surface area contributed by atoms with Gasteiger partial charge >= 0.3 is 0 Å². The van der Waals surface area contributed by atoms with Gasteiger partial charge in [-0.1, -0.05) is 33.6 Å². The Morgan fingerprint density at radius 1 is 1.06 bits per heavy atom. The molecular formula is C16H26. The van der Waals surface area contributed by atoms with E-state index >= 15 is 0 Å². The molecule has 0 saturated heterocycles. The largest absolute Gasteiger partial charge is 0.0619 e. The van der Waals surface area contributed by atoms with Gasteiger partial charge in [-0.05, 0) is 66.1 Å². The molecular weight excluding hydrogens is 192 g/mol. The van der Waals surface area contributed by atoms with Gasteiger partial charge < -0.3 is 0 Å². The molecule has 4 aliphatic carbocycles.